The molecule has 9 heteroatoms. The lowest BCUT2D eigenvalue weighted by Gasteiger charge is -2.18. The Kier molecular flexibility index (Phi) is 5.33. The van der Waals surface area contributed by atoms with Crippen molar-refractivity contribution in [2.24, 2.45) is 0 Å². The molecule has 1 aliphatic carbocycles. The van der Waals surface area contributed by atoms with Gasteiger partial charge in [-0.1, -0.05) is 0 Å². The van der Waals surface area contributed by atoms with Gasteiger partial charge in [-0.25, -0.2) is 15.0 Å². The Labute approximate surface area is 184 Å². The molecule has 8 nitrogen and oxygen atoms in total. The molecule has 0 saturated heterocycles. The number of aryl methyl sites for hydroxylation is 2. The molecule has 0 N–H and O–H groups in total. The zero-order valence-electron chi connectivity index (χ0n) is 17.3. The van der Waals surface area contributed by atoms with Gasteiger partial charge in [0.1, 0.15) is 22.3 Å². The van der Waals surface area contributed by atoms with Crippen LogP contribution < -0.4 is 4.74 Å². The second-order valence-corrected chi connectivity index (χ2v) is 8.20. The largest absolute Gasteiger partial charge is 0.497 e. The van der Waals surface area contributed by atoms with Crippen molar-refractivity contribution >= 4 is 11.8 Å². The third-order valence-electron chi connectivity index (χ3n) is 5.20. The summed E-state index contributed by atoms with van der Waals surface area (Å²) in [6, 6.07) is 7.79. The lowest BCUT2D eigenvalue weighted by Crippen LogP contribution is -2.10. The van der Waals surface area contributed by atoms with Crippen LogP contribution in [0.15, 0.2) is 53.0 Å². The van der Waals surface area contributed by atoms with Crippen molar-refractivity contribution in [2.45, 2.75) is 42.8 Å². The van der Waals surface area contributed by atoms with E-state index in [-0.39, 0.29) is 0 Å². The lowest BCUT2D eigenvalue weighted by atomic mass is 9.97. The van der Waals surface area contributed by atoms with Gasteiger partial charge in [-0.15, -0.1) is 10.2 Å². The van der Waals surface area contributed by atoms with Crippen LogP contribution in [0.1, 0.15) is 29.9 Å². The van der Waals surface area contributed by atoms with Crippen molar-refractivity contribution in [1.82, 2.24) is 34.7 Å². The van der Waals surface area contributed by atoms with Gasteiger partial charge in [0.2, 0.25) is 5.16 Å². The van der Waals surface area contributed by atoms with E-state index in [0.29, 0.717) is 11.5 Å². The molecule has 0 spiro atoms. The number of methoxy groups -OCH3 is 1. The van der Waals surface area contributed by atoms with Crippen LogP contribution in [0.3, 0.4) is 0 Å². The summed E-state index contributed by atoms with van der Waals surface area (Å²) in [5, 5.41) is 10.6. The summed E-state index contributed by atoms with van der Waals surface area (Å²) in [7, 11) is 1.65. The third-order valence-corrected chi connectivity index (χ3v) is 6.18. The molecule has 156 valence electrons. The summed E-state index contributed by atoms with van der Waals surface area (Å²) in [6.45, 7) is 1.94. The number of aromatic nitrogens is 7. The number of hydrogen-bond donors (Lipinski definition) is 0. The predicted molar refractivity (Wildman–Crippen MR) is 116 cm³/mol. The molecule has 0 amide bonds. The van der Waals surface area contributed by atoms with Crippen molar-refractivity contribution < 1.29 is 4.74 Å². The maximum atomic E-state index is 5.32. The second kappa shape index (κ2) is 8.43. The number of benzene rings is 1. The standard InChI is InChI=1S/C22H21N7OS/c1-14-25-18-6-4-3-5-17(18)21(26-14)31-22-28-27-20(19-13-23-11-12-24-19)29(22)15-7-9-16(30-2)10-8-15/h7-13H,3-6H2,1-2H3. The van der Waals surface area contributed by atoms with E-state index < -0.39 is 0 Å². The van der Waals surface area contributed by atoms with Gasteiger partial charge in [0.05, 0.1) is 19.0 Å². The van der Waals surface area contributed by atoms with Crippen molar-refractivity contribution in [3.63, 3.8) is 0 Å². The van der Waals surface area contributed by atoms with E-state index in [4.69, 9.17) is 9.72 Å². The smallest absolute Gasteiger partial charge is 0.202 e. The Morgan fingerprint density at radius 1 is 1.00 bits per heavy atom. The fourth-order valence-corrected chi connectivity index (χ4v) is 4.79. The Balaban J connectivity index is 1.63. The normalized spacial score (nSPS) is 13.1. The van der Waals surface area contributed by atoms with E-state index in [0.717, 1.165) is 52.4 Å². The van der Waals surface area contributed by atoms with Gasteiger partial charge < -0.3 is 4.74 Å². The van der Waals surface area contributed by atoms with Gasteiger partial charge in [0, 0.05) is 23.7 Å². The van der Waals surface area contributed by atoms with Gasteiger partial charge in [-0.3, -0.25) is 9.55 Å². The Morgan fingerprint density at radius 2 is 1.84 bits per heavy atom. The minimum absolute atomic E-state index is 0.625. The van der Waals surface area contributed by atoms with Crippen LogP contribution in [-0.4, -0.2) is 41.8 Å². The molecular formula is C22H21N7OS. The quantitative estimate of drug-likeness (QED) is 0.440. The first-order valence-electron chi connectivity index (χ1n) is 10.1. The van der Waals surface area contributed by atoms with E-state index in [1.54, 1.807) is 25.7 Å². The highest BCUT2D eigenvalue weighted by Gasteiger charge is 2.22. The fourth-order valence-electron chi connectivity index (χ4n) is 3.73. The molecule has 0 bridgehead atoms. The number of rotatable bonds is 5. The van der Waals surface area contributed by atoms with Gasteiger partial charge in [-0.05, 0) is 68.6 Å². The molecular weight excluding hydrogens is 410 g/mol. The maximum absolute atomic E-state index is 5.32. The molecule has 0 atom stereocenters. The zero-order valence-corrected chi connectivity index (χ0v) is 18.1. The van der Waals surface area contributed by atoms with Gasteiger partial charge in [0.15, 0.2) is 5.82 Å². The van der Waals surface area contributed by atoms with Gasteiger partial charge in [-0.2, -0.15) is 0 Å². The highest BCUT2D eigenvalue weighted by atomic mass is 32.2. The topological polar surface area (TPSA) is 91.5 Å². The van der Waals surface area contributed by atoms with Crippen LogP contribution in [-0.2, 0) is 12.8 Å². The number of hydrogen-bond acceptors (Lipinski definition) is 8. The number of ether oxygens (including phenoxy) is 1. The summed E-state index contributed by atoms with van der Waals surface area (Å²) < 4.78 is 7.30. The molecule has 0 aliphatic heterocycles. The molecule has 0 saturated carbocycles. The summed E-state index contributed by atoms with van der Waals surface area (Å²) in [5.74, 6) is 2.20. The highest BCUT2D eigenvalue weighted by Crippen LogP contribution is 2.35. The molecule has 1 aliphatic rings. The molecule has 3 aromatic heterocycles. The van der Waals surface area contributed by atoms with Crippen molar-refractivity contribution in [2.75, 3.05) is 7.11 Å². The highest BCUT2D eigenvalue weighted by molar-refractivity contribution is 7.99. The predicted octanol–water partition coefficient (Wildman–Crippen LogP) is 3.86. The van der Waals surface area contributed by atoms with Crippen LogP contribution in [0.4, 0.5) is 0 Å². The summed E-state index contributed by atoms with van der Waals surface area (Å²) >= 11 is 1.52. The second-order valence-electron chi connectivity index (χ2n) is 7.24. The average Bonchev–Trinajstić information content (AvgIpc) is 3.23. The number of fused-ring (bicyclic) bond motifs is 1. The lowest BCUT2D eigenvalue weighted by molar-refractivity contribution is 0.414. The van der Waals surface area contributed by atoms with E-state index in [1.165, 1.54) is 23.7 Å². The average molecular weight is 432 g/mol. The molecule has 3 heterocycles. The third kappa shape index (κ3) is 3.88. The summed E-state index contributed by atoms with van der Waals surface area (Å²) in [6.07, 6.45) is 9.31. The molecule has 1 aromatic carbocycles. The van der Waals surface area contributed by atoms with Crippen LogP contribution in [0.25, 0.3) is 17.2 Å². The minimum atomic E-state index is 0.625. The van der Waals surface area contributed by atoms with Gasteiger partial charge >= 0.3 is 0 Å². The van der Waals surface area contributed by atoms with Crippen LogP contribution in [0, 0.1) is 6.92 Å². The molecule has 0 unspecified atom stereocenters. The summed E-state index contributed by atoms with van der Waals surface area (Å²) in [4.78, 5) is 18.0. The van der Waals surface area contributed by atoms with E-state index in [1.807, 2.05) is 35.8 Å². The molecule has 4 aromatic rings. The van der Waals surface area contributed by atoms with Crippen molar-refractivity contribution in [3.8, 4) is 23.0 Å². The maximum Gasteiger partial charge on any atom is 0.202 e. The monoisotopic (exact) mass is 431 g/mol. The van der Waals surface area contributed by atoms with Crippen molar-refractivity contribution in [3.05, 3.63) is 59.9 Å². The van der Waals surface area contributed by atoms with E-state index in [9.17, 15) is 0 Å². The Bertz CT molecular complexity index is 1210. The first-order chi connectivity index (χ1) is 15.2. The zero-order chi connectivity index (χ0) is 21.2. The van der Waals surface area contributed by atoms with Crippen LogP contribution in [0.2, 0.25) is 0 Å². The van der Waals surface area contributed by atoms with Crippen LogP contribution in [0.5, 0.6) is 5.75 Å². The first kappa shape index (κ1) is 19.6. The first-order valence-corrected chi connectivity index (χ1v) is 10.9. The Morgan fingerprint density at radius 3 is 2.61 bits per heavy atom. The Hall–Kier alpha value is -3.33. The van der Waals surface area contributed by atoms with E-state index in [2.05, 4.69) is 25.1 Å². The minimum Gasteiger partial charge on any atom is -0.497 e. The van der Waals surface area contributed by atoms with Crippen molar-refractivity contribution in [1.29, 1.82) is 0 Å². The fraction of sp³-hybridized carbons (Fsp3) is 0.273. The SMILES string of the molecule is COc1ccc(-n2c(Sc3nc(C)nc4c3CCCC4)nnc2-c2cnccn2)cc1. The number of nitrogens with zero attached hydrogens (tertiary/aromatic N) is 7. The molecule has 0 radical (unpaired) electrons. The molecule has 0 fully saturated rings. The summed E-state index contributed by atoms with van der Waals surface area (Å²) in [5.41, 5.74) is 3.95. The van der Waals surface area contributed by atoms with Crippen LogP contribution >= 0.6 is 11.8 Å². The molecule has 5 rings (SSSR count). The molecule has 31 heavy (non-hydrogen) atoms. The van der Waals surface area contributed by atoms with E-state index >= 15 is 0 Å². The van der Waals surface area contributed by atoms with Gasteiger partial charge in [0.25, 0.3) is 0 Å².